The zero-order valence-corrected chi connectivity index (χ0v) is 22.5. The van der Waals surface area contributed by atoms with E-state index in [0.717, 1.165) is 16.0 Å². The van der Waals surface area contributed by atoms with E-state index in [4.69, 9.17) is 4.43 Å². The van der Waals surface area contributed by atoms with E-state index in [1.807, 2.05) is 0 Å². The van der Waals surface area contributed by atoms with Gasteiger partial charge in [-0.25, -0.2) is 0 Å². The summed E-state index contributed by atoms with van der Waals surface area (Å²) in [5, 5.41) is 23.5. The van der Waals surface area contributed by atoms with E-state index in [-0.39, 0.29) is 0 Å². The molecule has 1 fully saturated rings. The predicted molar refractivity (Wildman–Crippen MR) is 151 cm³/mol. The van der Waals surface area contributed by atoms with E-state index in [2.05, 4.69) is 91.0 Å². The van der Waals surface area contributed by atoms with Crippen molar-refractivity contribution in [2.45, 2.75) is 12.3 Å². The molecule has 0 radical (unpaired) electrons. The van der Waals surface area contributed by atoms with Gasteiger partial charge in [0.05, 0.1) is 8.55 Å². The van der Waals surface area contributed by atoms with Crippen LogP contribution >= 0.6 is 0 Å². The van der Waals surface area contributed by atoms with Gasteiger partial charge in [-0.15, -0.1) is 0 Å². The maximum absolute atomic E-state index is 11.7. The van der Waals surface area contributed by atoms with Gasteiger partial charge in [-0.1, -0.05) is 54.6 Å². The summed E-state index contributed by atoms with van der Waals surface area (Å²) < 4.78 is 5.54. The lowest BCUT2D eigenvalue weighted by atomic mass is 9.95. The van der Waals surface area contributed by atoms with Gasteiger partial charge < -0.3 is 14.3 Å². The maximum atomic E-state index is 11.7. The summed E-state index contributed by atoms with van der Waals surface area (Å²) in [5.41, 5.74) is 0. The van der Waals surface area contributed by atoms with Crippen molar-refractivity contribution in [1.29, 1.82) is 0 Å². The first-order chi connectivity index (χ1) is 16.6. The fourth-order valence-corrected chi connectivity index (χ4v) is 23.0. The third kappa shape index (κ3) is 3.19. The molecule has 1 saturated heterocycles. The summed E-state index contributed by atoms with van der Waals surface area (Å²) >= 11 is 0. The van der Waals surface area contributed by atoms with Gasteiger partial charge in [0.2, 0.25) is 7.83 Å². The minimum Gasteiger partial charge on any atom is -0.431 e. The molecular formula is C28H24O3Si3. The molecule has 7 rings (SSSR count). The Balaban J connectivity index is 1.52. The highest BCUT2D eigenvalue weighted by atomic mass is 29.6. The minimum absolute atomic E-state index is 0.413. The molecule has 0 aromatic heterocycles. The summed E-state index contributed by atoms with van der Waals surface area (Å²) in [6.07, 6.45) is -0.790. The van der Waals surface area contributed by atoms with Crippen LogP contribution in [0.25, 0.3) is 53.9 Å². The van der Waals surface area contributed by atoms with Crippen molar-refractivity contribution in [1.82, 2.24) is 0 Å². The van der Waals surface area contributed by atoms with E-state index >= 15 is 0 Å². The standard InChI is InChI=1S/C28H24O3Si3/c29-28-16-34(30,33-32-31-28)27-7-3-6-19-12-20-8-9-21-13-22-10-17-4-1-2-5-18(17)11-23(22)14-24(21)25(20)15-26(19)27/h1-15,28-30H,16,32-33H2. The lowest BCUT2D eigenvalue weighted by Crippen LogP contribution is -2.62. The van der Waals surface area contributed by atoms with E-state index in [0.29, 0.717) is 6.04 Å². The summed E-state index contributed by atoms with van der Waals surface area (Å²) in [6.45, 7) is 0. The summed E-state index contributed by atoms with van der Waals surface area (Å²) in [7, 11) is -4.09. The number of aliphatic hydroxyl groups is 1. The number of fused-ring (bicyclic) bond motifs is 6. The van der Waals surface area contributed by atoms with E-state index < -0.39 is 32.0 Å². The van der Waals surface area contributed by atoms with Crippen LogP contribution in [0.4, 0.5) is 0 Å². The molecule has 1 aliphatic rings. The zero-order valence-electron chi connectivity index (χ0n) is 18.7. The number of rotatable bonds is 1. The van der Waals surface area contributed by atoms with Crippen LogP contribution in [0.1, 0.15) is 0 Å². The lowest BCUT2D eigenvalue weighted by Gasteiger charge is -2.33. The molecule has 6 aromatic carbocycles. The predicted octanol–water partition coefficient (Wildman–Crippen LogP) is 3.61. The number of aliphatic hydroxyl groups excluding tert-OH is 1. The molecule has 0 saturated carbocycles. The molecule has 2 N–H and O–H groups in total. The zero-order chi connectivity index (χ0) is 22.9. The maximum Gasteiger partial charge on any atom is 0.203 e. The highest BCUT2D eigenvalue weighted by Gasteiger charge is 2.40. The van der Waals surface area contributed by atoms with Crippen molar-refractivity contribution in [3.8, 4) is 0 Å². The highest BCUT2D eigenvalue weighted by Crippen LogP contribution is 2.34. The van der Waals surface area contributed by atoms with Gasteiger partial charge in [0.1, 0.15) is 15.6 Å². The van der Waals surface area contributed by atoms with Crippen LogP contribution in [0.3, 0.4) is 0 Å². The first-order valence-electron chi connectivity index (χ1n) is 11.8. The summed E-state index contributed by atoms with van der Waals surface area (Å²) in [6, 6.07) is 33.4. The first kappa shape index (κ1) is 20.5. The first-order valence-corrected chi connectivity index (χ1v) is 20.9. The van der Waals surface area contributed by atoms with Crippen LogP contribution in [-0.4, -0.2) is 41.9 Å². The van der Waals surface area contributed by atoms with E-state index in [1.54, 1.807) is 0 Å². The number of benzene rings is 6. The third-order valence-electron chi connectivity index (χ3n) is 7.50. The second kappa shape index (κ2) is 7.58. The van der Waals surface area contributed by atoms with Crippen LogP contribution in [0, 0.1) is 0 Å². The van der Waals surface area contributed by atoms with Crippen LogP contribution in [0.5, 0.6) is 0 Å². The summed E-state index contributed by atoms with van der Waals surface area (Å²) in [4.78, 5) is 11.7. The molecule has 0 spiro atoms. The molecule has 0 bridgehead atoms. The Hall–Kier alpha value is -2.85. The van der Waals surface area contributed by atoms with Gasteiger partial charge in [-0.3, -0.25) is 0 Å². The van der Waals surface area contributed by atoms with E-state index in [9.17, 15) is 9.90 Å². The third-order valence-corrected chi connectivity index (χ3v) is 26.7. The van der Waals surface area contributed by atoms with Gasteiger partial charge in [0.25, 0.3) is 0 Å². The molecule has 6 heteroatoms. The Morgan fingerprint density at radius 2 is 1.24 bits per heavy atom. The fourth-order valence-electron chi connectivity index (χ4n) is 5.74. The smallest absolute Gasteiger partial charge is 0.203 e. The molecule has 3 nitrogen and oxygen atoms in total. The van der Waals surface area contributed by atoms with Crippen LogP contribution < -0.4 is 5.19 Å². The molecule has 6 aromatic rings. The fraction of sp³-hybridized carbons (Fsp3) is 0.0714. The van der Waals surface area contributed by atoms with Crippen LogP contribution in [0.2, 0.25) is 6.04 Å². The molecule has 0 amide bonds. The SMILES string of the molecule is OC1C[Si](O)(c2cccc3cc4ccc5cc6cc7ccccc7cc6cc5c4cc23)[SiH2][SiH2]O1. The second-order valence-corrected chi connectivity index (χ2v) is 24.6. The number of hydrogen-bond donors (Lipinski definition) is 2. The Morgan fingerprint density at radius 1 is 0.647 bits per heavy atom. The average molecular weight is 493 g/mol. The van der Waals surface area contributed by atoms with Crippen molar-refractivity contribution in [3.05, 3.63) is 91.0 Å². The molecule has 0 aliphatic carbocycles. The van der Waals surface area contributed by atoms with Gasteiger partial charge in [-0.2, -0.15) is 0 Å². The van der Waals surface area contributed by atoms with Crippen molar-refractivity contribution in [2.24, 2.45) is 0 Å². The molecule has 1 heterocycles. The molecule has 2 unspecified atom stereocenters. The Labute approximate surface area is 202 Å². The molecule has 2 atom stereocenters. The van der Waals surface area contributed by atoms with Gasteiger partial charge in [0, 0.05) is 6.04 Å². The van der Waals surface area contributed by atoms with Crippen molar-refractivity contribution < 1.29 is 14.3 Å². The molecule has 34 heavy (non-hydrogen) atoms. The largest absolute Gasteiger partial charge is 0.431 e. The Bertz CT molecular complexity index is 1770. The van der Waals surface area contributed by atoms with Crippen molar-refractivity contribution >= 4 is 84.7 Å². The monoisotopic (exact) mass is 492 g/mol. The minimum atomic E-state index is -2.64. The molecule has 1 aliphatic heterocycles. The quantitative estimate of drug-likeness (QED) is 0.209. The van der Waals surface area contributed by atoms with Crippen molar-refractivity contribution in [3.63, 3.8) is 0 Å². The van der Waals surface area contributed by atoms with Gasteiger partial charge >= 0.3 is 0 Å². The Kier molecular flexibility index (Phi) is 4.57. The van der Waals surface area contributed by atoms with Gasteiger partial charge in [0.15, 0.2) is 0 Å². The van der Waals surface area contributed by atoms with Crippen LogP contribution in [0.15, 0.2) is 91.0 Å². The van der Waals surface area contributed by atoms with Crippen LogP contribution in [-0.2, 0) is 4.43 Å². The lowest BCUT2D eigenvalue weighted by molar-refractivity contribution is 0.000566. The van der Waals surface area contributed by atoms with Gasteiger partial charge in [-0.05, 0) is 95.4 Å². The van der Waals surface area contributed by atoms with E-state index in [1.165, 1.54) is 43.1 Å². The number of hydrogen-bond acceptors (Lipinski definition) is 3. The topological polar surface area (TPSA) is 49.7 Å². The highest BCUT2D eigenvalue weighted by molar-refractivity contribution is 7.44. The normalized spacial score (nSPS) is 22.6. The molecular weight excluding hydrogens is 469 g/mol. The summed E-state index contributed by atoms with van der Waals surface area (Å²) in [5.74, 6) is 0. The second-order valence-electron chi connectivity index (χ2n) is 9.60. The molecule has 166 valence electrons. The average Bonchev–Trinajstić information content (AvgIpc) is 2.84. The van der Waals surface area contributed by atoms with Crippen molar-refractivity contribution in [2.75, 3.05) is 0 Å². The Morgan fingerprint density at radius 3 is 1.97 bits per heavy atom.